The zero-order valence-electron chi connectivity index (χ0n) is 8.45. The SMILES string of the molecule is CC(=O)C(C(C)=O)(C(C)=O)C(C)=O.[Pt]. The van der Waals surface area contributed by atoms with Crippen LogP contribution in [0, 0.1) is 5.41 Å². The molecule has 0 aromatic heterocycles. The molecule has 0 aliphatic rings. The van der Waals surface area contributed by atoms with Crippen LogP contribution in [0.2, 0.25) is 0 Å². The van der Waals surface area contributed by atoms with E-state index in [9.17, 15) is 19.2 Å². The molecule has 0 atom stereocenters. The van der Waals surface area contributed by atoms with Gasteiger partial charge in [-0.15, -0.1) is 0 Å². The maximum absolute atomic E-state index is 11.1. The third kappa shape index (κ3) is 2.24. The molecule has 0 aliphatic heterocycles. The van der Waals surface area contributed by atoms with Gasteiger partial charge >= 0.3 is 0 Å². The predicted molar refractivity (Wildman–Crippen MR) is 45.2 cm³/mol. The smallest absolute Gasteiger partial charge is 0.202 e. The molecular weight excluding hydrogens is 367 g/mol. The zero-order chi connectivity index (χ0) is 10.8. The molecular formula is C9H12O4Pt. The van der Waals surface area contributed by atoms with Gasteiger partial charge in [-0.3, -0.25) is 19.2 Å². The average molecular weight is 379 g/mol. The van der Waals surface area contributed by atoms with Gasteiger partial charge in [0.1, 0.15) is 0 Å². The predicted octanol–water partition coefficient (Wildman–Crippen LogP) is 0.326. The Morgan fingerprint density at radius 1 is 0.643 bits per heavy atom. The second-order valence-electron chi connectivity index (χ2n) is 2.97. The van der Waals surface area contributed by atoms with Gasteiger partial charge in [0, 0.05) is 21.1 Å². The number of carbonyl (C=O) groups is 4. The number of Topliss-reactive ketones (excluding diaryl/α,β-unsaturated/α-hetero) is 4. The van der Waals surface area contributed by atoms with E-state index in [0.29, 0.717) is 0 Å². The van der Waals surface area contributed by atoms with Crippen LogP contribution in [-0.2, 0) is 40.2 Å². The molecule has 0 bridgehead atoms. The van der Waals surface area contributed by atoms with Crippen molar-refractivity contribution in [2.24, 2.45) is 5.41 Å². The number of carbonyl (C=O) groups excluding carboxylic acids is 4. The van der Waals surface area contributed by atoms with Gasteiger partial charge in [0.05, 0.1) is 0 Å². The van der Waals surface area contributed by atoms with Crippen LogP contribution in [0.1, 0.15) is 27.7 Å². The summed E-state index contributed by atoms with van der Waals surface area (Å²) in [7, 11) is 0. The first-order valence-electron chi connectivity index (χ1n) is 3.82. The van der Waals surface area contributed by atoms with Gasteiger partial charge in [-0.05, 0) is 27.7 Å². The Labute approximate surface area is 96.7 Å². The van der Waals surface area contributed by atoms with Crippen molar-refractivity contribution < 1.29 is 40.2 Å². The first kappa shape index (κ1) is 15.8. The minimum absolute atomic E-state index is 0. The summed E-state index contributed by atoms with van der Waals surface area (Å²) in [4.78, 5) is 44.5. The number of rotatable bonds is 4. The van der Waals surface area contributed by atoms with E-state index in [2.05, 4.69) is 0 Å². The molecule has 0 aromatic rings. The molecule has 14 heavy (non-hydrogen) atoms. The van der Waals surface area contributed by atoms with Crippen LogP contribution in [0.5, 0.6) is 0 Å². The van der Waals surface area contributed by atoms with E-state index in [1.807, 2.05) is 0 Å². The van der Waals surface area contributed by atoms with Crippen molar-refractivity contribution in [2.45, 2.75) is 27.7 Å². The van der Waals surface area contributed by atoms with E-state index in [1.54, 1.807) is 0 Å². The third-order valence-corrected chi connectivity index (χ3v) is 2.11. The average Bonchev–Trinajstić information content (AvgIpc) is 1.82. The van der Waals surface area contributed by atoms with Crippen molar-refractivity contribution in [2.75, 3.05) is 0 Å². The Morgan fingerprint density at radius 2 is 0.786 bits per heavy atom. The second-order valence-corrected chi connectivity index (χ2v) is 2.97. The molecule has 4 nitrogen and oxygen atoms in total. The molecule has 0 saturated carbocycles. The molecule has 0 aliphatic carbocycles. The molecule has 0 saturated heterocycles. The van der Waals surface area contributed by atoms with Crippen molar-refractivity contribution in [3.63, 3.8) is 0 Å². The summed E-state index contributed by atoms with van der Waals surface area (Å²) < 4.78 is 0. The van der Waals surface area contributed by atoms with Crippen molar-refractivity contribution >= 4 is 23.1 Å². The van der Waals surface area contributed by atoms with Crippen LogP contribution in [0.15, 0.2) is 0 Å². The summed E-state index contributed by atoms with van der Waals surface area (Å²) >= 11 is 0. The normalized spacial score (nSPS) is 10.0. The van der Waals surface area contributed by atoms with E-state index in [0.717, 1.165) is 27.7 Å². The molecule has 0 radical (unpaired) electrons. The van der Waals surface area contributed by atoms with Crippen LogP contribution in [0.25, 0.3) is 0 Å². The summed E-state index contributed by atoms with van der Waals surface area (Å²) in [6.45, 7) is 4.29. The largest absolute Gasteiger partial charge is 0.298 e. The van der Waals surface area contributed by atoms with Crippen molar-refractivity contribution in [3.05, 3.63) is 0 Å². The topological polar surface area (TPSA) is 68.3 Å². The molecule has 0 aromatic carbocycles. The van der Waals surface area contributed by atoms with Crippen LogP contribution >= 0.6 is 0 Å². The minimum atomic E-state index is -2.06. The maximum atomic E-state index is 11.1. The van der Waals surface area contributed by atoms with Crippen molar-refractivity contribution in [1.29, 1.82) is 0 Å². The summed E-state index contributed by atoms with van der Waals surface area (Å²) in [5.41, 5.74) is -2.06. The quantitative estimate of drug-likeness (QED) is 0.661. The Morgan fingerprint density at radius 3 is 0.786 bits per heavy atom. The van der Waals surface area contributed by atoms with Gasteiger partial charge in [0.15, 0.2) is 23.1 Å². The van der Waals surface area contributed by atoms with E-state index in [1.165, 1.54) is 0 Å². The fraction of sp³-hybridized carbons (Fsp3) is 0.556. The fourth-order valence-electron chi connectivity index (χ4n) is 1.49. The molecule has 0 N–H and O–H groups in total. The van der Waals surface area contributed by atoms with Gasteiger partial charge in [0.25, 0.3) is 0 Å². The van der Waals surface area contributed by atoms with Crippen molar-refractivity contribution in [1.82, 2.24) is 0 Å². The third-order valence-electron chi connectivity index (χ3n) is 2.11. The molecule has 0 rings (SSSR count). The molecule has 5 heteroatoms. The molecule has 82 valence electrons. The zero-order valence-corrected chi connectivity index (χ0v) is 10.7. The first-order valence-corrected chi connectivity index (χ1v) is 3.82. The molecule has 0 heterocycles. The van der Waals surface area contributed by atoms with E-state index < -0.39 is 28.5 Å². The van der Waals surface area contributed by atoms with E-state index >= 15 is 0 Å². The van der Waals surface area contributed by atoms with Gasteiger partial charge in [-0.25, -0.2) is 0 Å². The molecule has 0 fully saturated rings. The Balaban J connectivity index is 0. The standard InChI is InChI=1S/C9H12O4.Pt/c1-5(10)9(6(2)11,7(3)12)8(4)13;/h1-4H3;. The number of hydrogen-bond acceptors (Lipinski definition) is 4. The molecule has 0 spiro atoms. The van der Waals surface area contributed by atoms with Gasteiger partial charge < -0.3 is 0 Å². The van der Waals surface area contributed by atoms with Crippen LogP contribution < -0.4 is 0 Å². The maximum Gasteiger partial charge on any atom is 0.202 e. The monoisotopic (exact) mass is 379 g/mol. The molecule has 0 amide bonds. The van der Waals surface area contributed by atoms with E-state index in [-0.39, 0.29) is 21.1 Å². The van der Waals surface area contributed by atoms with Crippen molar-refractivity contribution in [3.8, 4) is 0 Å². The molecule has 0 unspecified atom stereocenters. The van der Waals surface area contributed by atoms with Crippen LogP contribution in [-0.4, -0.2) is 23.1 Å². The Kier molecular flexibility index (Phi) is 5.99. The first-order chi connectivity index (χ1) is 5.77. The Bertz CT molecular complexity index is 232. The van der Waals surface area contributed by atoms with Gasteiger partial charge in [-0.1, -0.05) is 0 Å². The minimum Gasteiger partial charge on any atom is -0.298 e. The Hall–Kier alpha value is -0.632. The fourth-order valence-corrected chi connectivity index (χ4v) is 1.49. The number of hydrogen-bond donors (Lipinski definition) is 0. The summed E-state index contributed by atoms with van der Waals surface area (Å²) in [6.07, 6.45) is 0. The van der Waals surface area contributed by atoms with E-state index in [4.69, 9.17) is 0 Å². The summed E-state index contributed by atoms with van der Waals surface area (Å²) in [5.74, 6) is -2.83. The van der Waals surface area contributed by atoms with Gasteiger partial charge in [-0.2, -0.15) is 0 Å². The summed E-state index contributed by atoms with van der Waals surface area (Å²) in [6, 6.07) is 0. The van der Waals surface area contributed by atoms with Gasteiger partial charge in [0.2, 0.25) is 5.41 Å². The second kappa shape index (κ2) is 5.30. The number of ketones is 4. The van der Waals surface area contributed by atoms with Crippen LogP contribution in [0.4, 0.5) is 0 Å². The van der Waals surface area contributed by atoms with Crippen LogP contribution in [0.3, 0.4) is 0 Å². The summed E-state index contributed by atoms with van der Waals surface area (Å²) in [5, 5.41) is 0.